The minimum atomic E-state index is -3.06. The van der Waals surface area contributed by atoms with E-state index in [1.165, 1.54) is 0 Å². The third-order valence-electron chi connectivity index (χ3n) is 2.65. The maximum absolute atomic E-state index is 11.8. The summed E-state index contributed by atoms with van der Waals surface area (Å²) in [6.07, 6.45) is 0.909. The van der Waals surface area contributed by atoms with E-state index in [2.05, 4.69) is 5.32 Å². The van der Waals surface area contributed by atoms with E-state index < -0.39 is 10.0 Å². The van der Waals surface area contributed by atoms with Gasteiger partial charge in [-0.05, 0) is 19.4 Å². The summed E-state index contributed by atoms with van der Waals surface area (Å²) < 4.78 is 30.2. The smallest absolute Gasteiger partial charge is 0.215 e. The summed E-state index contributed by atoms with van der Waals surface area (Å²) in [4.78, 5) is 0. The van der Waals surface area contributed by atoms with Crippen LogP contribution in [0.4, 0.5) is 0 Å². The summed E-state index contributed by atoms with van der Waals surface area (Å²) in [6.45, 7) is 2.41. The first-order chi connectivity index (χ1) is 7.10. The lowest BCUT2D eigenvalue weighted by Crippen LogP contribution is -2.34. The molecule has 0 saturated carbocycles. The topological polar surface area (TPSA) is 58.6 Å². The standard InChI is InChI=1S/C9H20N2O3S/c1-10-4-6-15(12,13)11-5-3-9(7-11)8-14-2/h9-10H,3-8H2,1-2H3. The van der Waals surface area contributed by atoms with E-state index in [1.807, 2.05) is 0 Å². The number of ether oxygens (including phenoxy) is 1. The number of hydrogen-bond donors (Lipinski definition) is 1. The Labute approximate surface area is 91.8 Å². The van der Waals surface area contributed by atoms with Gasteiger partial charge in [-0.15, -0.1) is 0 Å². The Morgan fingerprint density at radius 1 is 1.53 bits per heavy atom. The van der Waals surface area contributed by atoms with E-state index in [0.29, 0.717) is 32.2 Å². The van der Waals surface area contributed by atoms with Crippen molar-refractivity contribution in [2.75, 3.05) is 46.2 Å². The molecule has 0 aromatic rings. The highest BCUT2D eigenvalue weighted by atomic mass is 32.2. The molecule has 1 rings (SSSR count). The van der Waals surface area contributed by atoms with Gasteiger partial charge in [0.15, 0.2) is 0 Å². The average molecular weight is 236 g/mol. The predicted octanol–water partition coefficient (Wildman–Crippen LogP) is -0.496. The van der Waals surface area contributed by atoms with Crippen LogP contribution in [0.15, 0.2) is 0 Å². The molecule has 0 aromatic heterocycles. The molecule has 1 fully saturated rings. The molecular weight excluding hydrogens is 216 g/mol. The van der Waals surface area contributed by atoms with Gasteiger partial charge in [0.2, 0.25) is 10.0 Å². The van der Waals surface area contributed by atoms with Gasteiger partial charge in [0, 0.05) is 26.7 Å². The number of nitrogens with one attached hydrogen (secondary N) is 1. The second-order valence-corrected chi connectivity index (χ2v) is 5.98. The molecule has 5 nitrogen and oxygen atoms in total. The fourth-order valence-electron chi connectivity index (χ4n) is 1.78. The van der Waals surface area contributed by atoms with Crippen molar-refractivity contribution in [2.24, 2.45) is 5.92 Å². The molecule has 90 valence electrons. The molecule has 0 aliphatic carbocycles. The van der Waals surface area contributed by atoms with Crippen LogP contribution in [0.3, 0.4) is 0 Å². The van der Waals surface area contributed by atoms with Crippen LogP contribution in [-0.2, 0) is 14.8 Å². The second kappa shape index (κ2) is 5.79. The highest BCUT2D eigenvalue weighted by molar-refractivity contribution is 7.89. The van der Waals surface area contributed by atoms with E-state index in [1.54, 1.807) is 18.5 Å². The van der Waals surface area contributed by atoms with Crippen LogP contribution >= 0.6 is 0 Å². The monoisotopic (exact) mass is 236 g/mol. The summed E-state index contributed by atoms with van der Waals surface area (Å²) in [6, 6.07) is 0. The van der Waals surface area contributed by atoms with Gasteiger partial charge in [0.05, 0.1) is 12.4 Å². The number of rotatable bonds is 6. The van der Waals surface area contributed by atoms with Crippen LogP contribution in [0.5, 0.6) is 0 Å². The first-order valence-corrected chi connectivity index (χ1v) is 6.82. The van der Waals surface area contributed by atoms with E-state index in [4.69, 9.17) is 4.74 Å². The zero-order valence-electron chi connectivity index (χ0n) is 9.40. The van der Waals surface area contributed by atoms with Crippen molar-refractivity contribution in [3.63, 3.8) is 0 Å². The molecule has 1 unspecified atom stereocenters. The maximum Gasteiger partial charge on any atom is 0.215 e. The molecule has 1 heterocycles. The predicted molar refractivity (Wildman–Crippen MR) is 59.3 cm³/mol. The van der Waals surface area contributed by atoms with Crippen molar-refractivity contribution in [1.29, 1.82) is 0 Å². The molecule has 0 radical (unpaired) electrons. The van der Waals surface area contributed by atoms with Crippen molar-refractivity contribution in [3.05, 3.63) is 0 Å². The summed E-state index contributed by atoms with van der Waals surface area (Å²) in [5.74, 6) is 0.544. The van der Waals surface area contributed by atoms with Gasteiger partial charge in [-0.25, -0.2) is 12.7 Å². The van der Waals surface area contributed by atoms with Crippen LogP contribution < -0.4 is 5.32 Å². The van der Waals surface area contributed by atoms with Gasteiger partial charge in [-0.3, -0.25) is 0 Å². The van der Waals surface area contributed by atoms with E-state index in [9.17, 15) is 8.42 Å². The van der Waals surface area contributed by atoms with Crippen molar-refractivity contribution in [3.8, 4) is 0 Å². The lowest BCUT2D eigenvalue weighted by atomic mass is 10.1. The lowest BCUT2D eigenvalue weighted by molar-refractivity contribution is 0.157. The Morgan fingerprint density at radius 3 is 2.87 bits per heavy atom. The van der Waals surface area contributed by atoms with Crippen LogP contribution in [-0.4, -0.2) is 58.9 Å². The molecule has 1 atom stereocenters. The zero-order valence-corrected chi connectivity index (χ0v) is 10.2. The van der Waals surface area contributed by atoms with Gasteiger partial charge in [0.1, 0.15) is 0 Å². The van der Waals surface area contributed by atoms with Crippen molar-refractivity contribution in [2.45, 2.75) is 6.42 Å². The summed E-state index contributed by atoms with van der Waals surface area (Å²) in [5, 5.41) is 2.85. The van der Waals surface area contributed by atoms with Crippen LogP contribution in [0, 0.1) is 5.92 Å². The summed E-state index contributed by atoms with van der Waals surface area (Å²) >= 11 is 0. The minimum Gasteiger partial charge on any atom is -0.384 e. The number of sulfonamides is 1. The van der Waals surface area contributed by atoms with Gasteiger partial charge in [0.25, 0.3) is 0 Å². The third kappa shape index (κ3) is 3.71. The van der Waals surface area contributed by atoms with E-state index in [0.717, 1.165) is 6.42 Å². The highest BCUT2D eigenvalue weighted by Crippen LogP contribution is 2.19. The van der Waals surface area contributed by atoms with Crippen molar-refractivity contribution in [1.82, 2.24) is 9.62 Å². The molecular formula is C9H20N2O3S. The van der Waals surface area contributed by atoms with Crippen LogP contribution in [0.1, 0.15) is 6.42 Å². The lowest BCUT2D eigenvalue weighted by Gasteiger charge is -2.16. The second-order valence-electron chi connectivity index (χ2n) is 3.89. The zero-order chi connectivity index (χ0) is 11.3. The van der Waals surface area contributed by atoms with Gasteiger partial charge < -0.3 is 10.1 Å². The molecule has 1 aliphatic heterocycles. The quantitative estimate of drug-likeness (QED) is 0.676. The first kappa shape index (κ1) is 12.9. The minimum absolute atomic E-state index is 0.184. The Balaban J connectivity index is 2.45. The Hall–Kier alpha value is -0.170. The normalized spacial score (nSPS) is 23.5. The van der Waals surface area contributed by atoms with E-state index >= 15 is 0 Å². The number of nitrogens with zero attached hydrogens (tertiary/aromatic N) is 1. The molecule has 1 aliphatic rings. The fourth-order valence-corrected chi connectivity index (χ4v) is 3.32. The molecule has 1 saturated heterocycles. The average Bonchev–Trinajstić information content (AvgIpc) is 2.65. The first-order valence-electron chi connectivity index (χ1n) is 5.21. The molecule has 1 N–H and O–H groups in total. The Bertz CT molecular complexity index is 279. The van der Waals surface area contributed by atoms with E-state index in [-0.39, 0.29) is 5.75 Å². The highest BCUT2D eigenvalue weighted by Gasteiger charge is 2.30. The SMILES string of the molecule is CNCCS(=O)(=O)N1CCC(COC)C1. The van der Waals surface area contributed by atoms with Crippen molar-refractivity contribution < 1.29 is 13.2 Å². The maximum atomic E-state index is 11.8. The summed E-state index contributed by atoms with van der Waals surface area (Å²) in [5.41, 5.74) is 0. The molecule has 0 spiro atoms. The van der Waals surface area contributed by atoms with Crippen molar-refractivity contribution >= 4 is 10.0 Å². The fraction of sp³-hybridized carbons (Fsp3) is 1.00. The Kier molecular flexibility index (Phi) is 4.98. The largest absolute Gasteiger partial charge is 0.384 e. The molecule has 6 heteroatoms. The molecule has 15 heavy (non-hydrogen) atoms. The van der Waals surface area contributed by atoms with Crippen LogP contribution in [0.25, 0.3) is 0 Å². The van der Waals surface area contributed by atoms with Crippen LogP contribution in [0.2, 0.25) is 0 Å². The Morgan fingerprint density at radius 2 is 2.27 bits per heavy atom. The molecule has 0 aromatic carbocycles. The third-order valence-corrected chi connectivity index (χ3v) is 4.49. The molecule has 0 amide bonds. The number of hydrogen-bond acceptors (Lipinski definition) is 4. The van der Waals surface area contributed by atoms with Gasteiger partial charge >= 0.3 is 0 Å². The molecule has 0 bridgehead atoms. The summed E-state index contributed by atoms with van der Waals surface area (Å²) in [7, 11) is 0.350. The number of methoxy groups -OCH3 is 1. The van der Waals surface area contributed by atoms with Gasteiger partial charge in [-0.1, -0.05) is 0 Å². The van der Waals surface area contributed by atoms with Gasteiger partial charge in [-0.2, -0.15) is 0 Å².